The van der Waals surface area contributed by atoms with Gasteiger partial charge in [0.2, 0.25) is 0 Å². The number of hydrogen-bond acceptors (Lipinski definition) is 2. The Labute approximate surface area is 154 Å². The van der Waals surface area contributed by atoms with Gasteiger partial charge in [-0.25, -0.2) is 0 Å². The van der Waals surface area contributed by atoms with Gasteiger partial charge in [0.1, 0.15) is 17.6 Å². The smallest absolute Gasteiger partial charge is 0.146 e. The highest BCUT2D eigenvalue weighted by Crippen LogP contribution is 2.41. The lowest BCUT2D eigenvalue weighted by molar-refractivity contribution is 0.284. The first-order valence-electron chi connectivity index (χ1n) is 8.69. The standard InChI is InChI=1S/C24H20O2/c1-25-24-20-14-8-9-15-21(20)26-22(17-16-18-10-4-2-5-11-18)23(24)19-12-6-3-7-13-19/h2-17,22H,1H3. The van der Waals surface area contributed by atoms with Crippen LogP contribution in [0.3, 0.4) is 0 Å². The van der Waals surface area contributed by atoms with E-state index in [4.69, 9.17) is 9.47 Å². The van der Waals surface area contributed by atoms with Crippen LogP contribution >= 0.6 is 0 Å². The highest BCUT2D eigenvalue weighted by Gasteiger charge is 2.28. The number of hydrogen-bond donors (Lipinski definition) is 0. The first kappa shape index (κ1) is 16.2. The Morgan fingerprint density at radius 1 is 0.808 bits per heavy atom. The molecular weight excluding hydrogens is 320 g/mol. The number of methoxy groups -OCH3 is 1. The Bertz CT molecular complexity index is 940. The first-order valence-corrected chi connectivity index (χ1v) is 8.69. The molecular formula is C24H20O2. The zero-order valence-electron chi connectivity index (χ0n) is 14.6. The van der Waals surface area contributed by atoms with Crippen molar-refractivity contribution in [3.05, 3.63) is 108 Å². The van der Waals surface area contributed by atoms with Gasteiger partial charge in [-0.15, -0.1) is 0 Å². The Balaban J connectivity index is 1.83. The van der Waals surface area contributed by atoms with Crippen LogP contribution in [-0.4, -0.2) is 13.2 Å². The molecule has 3 aromatic carbocycles. The molecule has 0 saturated carbocycles. The lowest BCUT2D eigenvalue weighted by atomic mass is 9.92. The predicted octanol–water partition coefficient (Wildman–Crippen LogP) is 5.68. The summed E-state index contributed by atoms with van der Waals surface area (Å²) in [6, 6.07) is 28.5. The van der Waals surface area contributed by atoms with Gasteiger partial charge in [-0.05, 0) is 29.3 Å². The van der Waals surface area contributed by atoms with Gasteiger partial charge in [-0.1, -0.05) is 78.9 Å². The molecule has 0 aromatic heterocycles. The number of benzene rings is 3. The fourth-order valence-electron chi connectivity index (χ4n) is 3.26. The fourth-order valence-corrected chi connectivity index (χ4v) is 3.26. The summed E-state index contributed by atoms with van der Waals surface area (Å²) in [7, 11) is 1.72. The highest BCUT2D eigenvalue weighted by molar-refractivity contribution is 5.94. The molecule has 0 spiro atoms. The summed E-state index contributed by atoms with van der Waals surface area (Å²) in [4.78, 5) is 0. The second-order valence-corrected chi connectivity index (χ2v) is 6.12. The van der Waals surface area contributed by atoms with Crippen molar-refractivity contribution in [2.45, 2.75) is 6.10 Å². The second kappa shape index (κ2) is 7.32. The van der Waals surface area contributed by atoms with E-state index < -0.39 is 0 Å². The molecule has 0 bridgehead atoms. The lowest BCUT2D eigenvalue weighted by Crippen LogP contribution is -2.22. The monoisotopic (exact) mass is 340 g/mol. The van der Waals surface area contributed by atoms with Gasteiger partial charge in [0.25, 0.3) is 0 Å². The Morgan fingerprint density at radius 3 is 2.19 bits per heavy atom. The van der Waals surface area contributed by atoms with Crippen LogP contribution in [0.25, 0.3) is 17.4 Å². The van der Waals surface area contributed by atoms with E-state index in [2.05, 4.69) is 36.4 Å². The zero-order chi connectivity index (χ0) is 17.8. The number of fused-ring (bicyclic) bond motifs is 1. The van der Waals surface area contributed by atoms with Gasteiger partial charge in [0.15, 0.2) is 0 Å². The van der Waals surface area contributed by atoms with Crippen molar-refractivity contribution in [3.8, 4) is 5.75 Å². The fraction of sp³-hybridized carbons (Fsp3) is 0.0833. The molecule has 1 atom stereocenters. The molecule has 26 heavy (non-hydrogen) atoms. The molecule has 0 radical (unpaired) electrons. The number of ether oxygens (including phenoxy) is 2. The minimum atomic E-state index is -0.220. The topological polar surface area (TPSA) is 18.5 Å². The van der Waals surface area contributed by atoms with Gasteiger partial charge in [0, 0.05) is 5.57 Å². The van der Waals surface area contributed by atoms with Gasteiger partial charge in [-0.2, -0.15) is 0 Å². The third-order valence-corrected chi connectivity index (χ3v) is 4.47. The minimum Gasteiger partial charge on any atom is -0.496 e. The number of para-hydroxylation sites is 1. The molecule has 1 heterocycles. The van der Waals surface area contributed by atoms with Crippen LogP contribution in [0.1, 0.15) is 16.7 Å². The SMILES string of the molecule is COC1=C(c2ccccc2)C(C=Cc2ccccc2)Oc2ccccc21. The van der Waals surface area contributed by atoms with Crippen molar-refractivity contribution in [1.82, 2.24) is 0 Å². The summed E-state index contributed by atoms with van der Waals surface area (Å²) in [6.45, 7) is 0. The van der Waals surface area contributed by atoms with Crippen LogP contribution in [0.2, 0.25) is 0 Å². The van der Waals surface area contributed by atoms with Crippen LogP contribution in [0, 0.1) is 0 Å². The second-order valence-electron chi connectivity index (χ2n) is 6.12. The van der Waals surface area contributed by atoms with Crippen molar-refractivity contribution in [2.24, 2.45) is 0 Å². The normalized spacial score (nSPS) is 16.3. The van der Waals surface area contributed by atoms with E-state index in [0.717, 1.165) is 33.8 Å². The molecule has 1 aliphatic heterocycles. The third-order valence-electron chi connectivity index (χ3n) is 4.47. The van der Waals surface area contributed by atoms with Gasteiger partial charge < -0.3 is 9.47 Å². The molecule has 2 nitrogen and oxygen atoms in total. The molecule has 0 saturated heterocycles. The van der Waals surface area contributed by atoms with Crippen LogP contribution in [-0.2, 0) is 4.74 Å². The summed E-state index contributed by atoms with van der Waals surface area (Å²) in [5, 5.41) is 0. The van der Waals surface area contributed by atoms with Crippen molar-refractivity contribution in [3.63, 3.8) is 0 Å². The van der Waals surface area contributed by atoms with Crippen LogP contribution in [0.15, 0.2) is 91.0 Å². The Kier molecular flexibility index (Phi) is 4.57. The maximum atomic E-state index is 6.33. The lowest BCUT2D eigenvalue weighted by Gasteiger charge is -2.29. The predicted molar refractivity (Wildman–Crippen MR) is 107 cm³/mol. The maximum absolute atomic E-state index is 6.33. The molecule has 0 fully saturated rings. The van der Waals surface area contributed by atoms with Crippen LogP contribution in [0.5, 0.6) is 5.75 Å². The summed E-state index contributed by atoms with van der Waals surface area (Å²) in [5.74, 6) is 1.70. The molecule has 3 aromatic rings. The molecule has 4 rings (SSSR count). The van der Waals surface area contributed by atoms with E-state index >= 15 is 0 Å². The molecule has 0 amide bonds. The quantitative estimate of drug-likeness (QED) is 0.609. The van der Waals surface area contributed by atoms with Gasteiger partial charge in [0.05, 0.1) is 12.7 Å². The Hall–Kier alpha value is -3.26. The largest absolute Gasteiger partial charge is 0.496 e. The summed E-state index contributed by atoms with van der Waals surface area (Å²) in [6.07, 6.45) is 3.96. The molecule has 0 N–H and O–H groups in total. The van der Waals surface area contributed by atoms with E-state index in [1.807, 2.05) is 60.7 Å². The van der Waals surface area contributed by atoms with Crippen molar-refractivity contribution in [2.75, 3.05) is 7.11 Å². The molecule has 1 unspecified atom stereocenters. The summed E-state index contributed by atoms with van der Waals surface area (Å²) >= 11 is 0. The maximum Gasteiger partial charge on any atom is 0.146 e. The van der Waals surface area contributed by atoms with E-state index in [9.17, 15) is 0 Å². The van der Waals surface area contributed by atoms with E-state index in [1.165, 1.54) is 0 Å². The highest BCUT2D eigenvalue weighted by atomic mass is 16.5. The Morgan fingerprint density at radius 2 is 1.46 bits per heavy atom. The van der Waals surface area contributed by atoms with E-state index in [1.54, 1.807) is 7.11 Å². The average molecular weight is 340 g/mol. The first-order chi connectivity index (χ1) is 12.9. The molecule has 0 aliphatic carbocycles. The van der Waals surface area contributed by atoms with Gasteiger partial charge in [-0.3, -0.25) is 0 Å². The van der Waals surface area contributed by atoms with E-state index in [-0.39, 0.29) is 6.10 Å². The molecule has 2 heteroatoms. The summed E-state index contributed by atoms with van der Waals surface area (Å²) in [5.41, 5.74) is 4.26. The number of rotatable bonds is 4. The van der Waals surface area contributed by atoms with Crippen LogP contribution in [0.4, 0.5) is 0 Å². The summed E-state index contributed by atoms with van der Waals surface area (Å²) < 4.78 is 12.2. The van der Waals surface area contributed by atoms with Crippen molar-refractivity contribution < 1.29 is 9.47 Å². The zero-order valence-corrected chi connectivity index (χ0v) is 14.6. The third kappa shape index (κ3) is 3.14. The molecule has 128 valence electrons. The minimum absolute atomic E-state index is 0.220. The average Bonchev–Trinajstić information content (AvgIpc) is 2.72. The van der Waals surface area contributed by atoms with E-state index in [0.29, 0.717) is 0 Å². The van der Waals surface area contributed by atoms with Crippen molar-refractivity contribution >= 4 is 17.4 Å². The molecule has 1 aliphatic rings. The van der Waals surface area contributed by atoms with Crippen molar-refractivity contribution in [1.29, 1.82) is 0 Å². The van der Waals surface area contributed by atoms with Gasteiger partial charge >= 0.3 is 0 Å². The van der Waals surface area contributed by atoms with Crippen LogP contribution < -0.4 is 4.74 Å².